The summed E-state index contributed by atoms with van der Waals surface area (Å²) in [5, 5.41) is 4.56. The zero-order valence-electron chi connectivity index (χ0n) is 11.2. The first-order valence-electron chi connectivity index (χ1n) is 6.10. The molecule has 0 aromatic rings. The van der Waals surface area contributed by atoms with E-state index in [1.807, 2.05) is 11.8 Å². The summed E-state index contributed by atoms with van der Waals surface area (Å²) in [6.07, 6.45) is 1.20. The Morgan fingerprint density at radius 2 is 2.25 bits per heavy atom. The molecule has 1 aliphatic rings. The van der Waals surface area contributed by atoms with Crippen LogP contribution in [-0.4, -0.2) is 47.5 Å². The molecule has 0 spiro atoms. The summed E-state index contributed by atoms with van der Waals surface area (Å²) in [7, 11) is 2.17. The summed E-state index contributed by atoms with van der Waals surface area (Å²) >= 11 is 1.84. The van der Waals surface area contributed by atoms with Gasteiger partial charge in [0.25, 0.3) is 0 Å². The van der Waals surface area contributed by atoms with Gasteiger partial charge < -0.3 is 10.2 Å². The topological polar surface area (TPSA) is 27.6 Å². The molecule has 1 saturated heterocycles. The Morgan fingerprint density at radius 3 is 2.75 bits per heavy atom. The third kappa shape index (κ3) is 4.34. The Morgan fingerprint density at radius 1 is 1.56 bits per heavy atom. The molecule has 1 unspecified atom stereocenters. The van der Waals surface area contributed by atoms with Crippen LogP contribution in [0.3, 0.4) is 0 Å². The van der Waals surface area contributed by atoms with Crippen LogP contribution in [0.2, 0.25) is 0 Å². The van der Waals surface area contributed by atoms with Gasteiger partial charge in [0.1, 0.15) is 0 Å². The first-order chi connectivity index (χ1) is 7.44. The Kier molecular flexibility index (Phi) is 5.12. The maximum atomic E-state index is 4.60. The number of aliphatic imine (C=N–C) groups is 1. The summed E-state index contributed by atoms with van der Waals surface area (Å²) in [6.45, 7) is 10.9. The van der Waals surface area contributed by atoms with E-state index in [1.54, 1.807) is 0 Å². The quantitative estimate of drug-likeness (QED) is 0.802. The van der Waals surface area contributed by atoms with Crippen molar-refractivity contribution < 1.29 is 0 Å². The fraction of sp³-hybridized carbons (Fsp3) is 0.917. The van der Waals surface area contributed by atoms with E-state index in [1.165, 1.54) is 6.42 Å². The van der Waals surface area contributed by atoms with E-state index < -0.39 is 0 Å². The van der Waals surface area contributed by atoms with Crippen LogP contribution in [0.25, 0.3) is 0 Å². The van der Waals surface area contributed by atoms with E-state index >= 15 is 0 Å². The highest BCUT2D eigenvalue weighted by molar-refractivity contribution is 8.14. The molecule has 3 nitrogen and oxygen atoms in total. The third-order valence-electron chi connectivity index (χ3n) is 3.07. The maximum absolute atomic E-state index is 4.60. The lowest BCUT2D eigenvalue weighted by Gasteiger charge is -2.22. The van der Waals surface area contributed by atoms with Crippen LogP contribution in [0.15, 0.2) is 4.99 Å². The minimum absolute atomic E-state index is 0.214. The molecule has 0 aliphatic carbocycles. The predicted octanol–water partition coefficient (Wildman–Crippen LogP) is 2.19. The summed E-state index contributed by atoms with van der Waals surface area (Å²) < 4.78 is 0. The summed E-state index contributed by atoms with van der Waals surface area (Å²) in [5.41, 5.74) is 0.214. The third-order valence-corrected chi connectivity index (χ3v) is 4.44. The van der Waals surface area contributed by atoms with Gasteiger partial charge in [-0.05, 0) is 34.2 Å². The number of nitrogens with one attached hydrogen (secondary N) is 1. The van der Waals surface area contributed by atoms with E-state index in [9.17, 15) is 0 Å². The largest absolute Gasteiger partial charge is 0.359 e. The number of thioether (sulfide) groups is 1. The summed E-state index contributed by atoms with van der Waals surface area (Å²) in [4.78, 5) is 6.97. The number of hydrogen-bond acceptors (Lipinski definition) is 3. The first kappa shape index (κ1) is 13.8. The van der Waals surface area contributed by atoms with Crippen molar-refractivity contribution in [2.24, 2.45) is 4.99 Å². The van der Waals surface area contributed by atoms with E-state index in [0.29, 0.717) is 6.04 Å². The van der Waals surface area contributed by atoms with Crippen LogP contribution < -0.4 is 5.32 Å². The Labute approximate surface area is 104 Å². The number of amidine groups is 1. The van der Waals surface area contributed by atoms with Crippen molar-refractivity contribution in [3.8, 4) is 0 Å². The van der Waals surface area contributed by atoms with Gasteiger partial charge in [0.2, 0.25) is 0 Å². The second-order valence-electron chi connectivity index (χ2n) is 5.22. The molecule has 1 atom stereocenters. The predicted molar refractivity (Wildman–Crippen MR) is 74.4 cm³/mol. The normalized spacial score (nSPS) is 23.8. The molecule has 1 heterocycles. The monoisotopic (exact) mass is 243 g/mol. The van der Waals surface area contributed by atoms with Gasteiger partial charge in [-0.2, -0.15) is 0 Å². The smallest absolute Gasteiger partial charge is 0.157 e. The second-order valence-corrected chi connectivity index (χ2v) is 6.19. The molecule has 0 radical (unpaired) electrons. The van der Waals surface area contributed by atoms with Gasteiger partial charge in [-0.25, -0.2) is 0 Å². The van der Waals surface area contributed by atoms with Crippen LogP contribution in [0.5, 0.6) is 0 Å². The fourth-order valence-corrected chi connectivity index (χ4v) is 2.64. The molecule has 1 fully saturated rings. The lowest BCUT2D eigenvalue weighted by Crippen LogP contribution is -2.37. The SMILES string of the molecule is CCC(C)N(C)CCN=C1NC(C)(C)CS1. The summed E-state index contributed by atoms with van der Waals surface area (Å²) in [5.74, 6) is 1.12. The minimum Gasteiger partial charge on any atom is -0.359 e. The molecule has 0 amide bonds. The molecule has 4 heteroatoms. The molecular weight excluding hydrogens is 218 g/mol. The standard InChI is InChI=1S/C12H25N3S/c1-6-10(2)15(5)8-7-13-11-14-12(3,4)9-16-11/h10H,6-9H2,1-5H3,(H,13,14). The van der Waals surface area contributed by atoms with Crippen molar-refractivity contribution >= 4 is 16.9 Å². The van der Waals surface area contributed by atoms with Gasteiger partial charge in [0.05, 0.1) is 6.54 Å². The Hall–Kier alpha value is -0.220. The minimum atomic E-state index is 0.214. The number of rotatable bonds is 5. The van der Waals surface area contributed by atoms with Crippen molar-refractivity contribution in [1.29, 1.82) is 0 Å². The van der Waals surface area contributed by atoms with Gasteiger partial charge in [-0.15, -0.1) is 0 Å². The molecule has 0 aromatic carbocycles. The van der Waals surface area contributed by atoms with Crippen LogP contribution in [-0.2, 0) is 0 Å². The Balaban J connectivity index is 2.27. The van der Waals surface area contributed by atoms with Crippen LogP contribution in [0, 0.1) is 0 Å². The van der Waals surface area contributed by atoms with Crippen molar-refractivity contribution in [2.45, 2.75) is 45.7 Å². The molecule has 0 saturated carbocycles. The number of likely N-dealkylation sites (N-methyl/N-ethyl adjacent to an activating group) is 1. The summed E-state index contributed by atoms with van der Waals surface area (Å²) in [6, 6.07) is 0.654. The van der Waals surface area contributed by atoms with Gasteiger partial charge in [0, 0.05) is 23.9 Å². The average molecular weight is 243 g/mol. The highest BCUT2D eigenvalue weighted by atomic mass is 32.2. The molecule has 0 bridgehead atoms. The molecular formula is C12H25N3S. The van der Waals surface area contributed by atoms with Crippen molar-refractivity contribution in [1.82, 2.24) is 10.2 Å². The van der Waals surface area contributed by atoms with E-state index in [4.69, 9.17) is 0 Å². The van der Waals surface area contributed by atoms with E-state index in [2.05, 4.69) is 50.0 Å². The first-order valence-corrected chi connectivity index (χ1v) is 7.09. The van der Waals surface area contributed by atoms with Gasteiger partial charge in [0.15, 0.2) is 5.17 Å². The Bertz CT molecular complexity index is 251. The average Bonchev–Trinajstić information content (AvgIpc) is 2.57. The van der Waals surface area contributed by atoms with Crippen LogP contribution >= 0.6 is 11.8 Å². The van der Waals surface area contributed by atoms with Gasteiger partial charge >= 0.3 is 0 Å². The highest BCUT2D eigenvalue weighted by Crippen LogP contribution is 2.21. The fourth-order valence-electron chi connectivity index (χ4n) is 1.54. The van der Waals surface area contributed by atoms with Gasteiger partial charge in [-0.3, -0.25) is 4.99 Å². The van der Waals surface area contributed by atoms with Gasteiger partial charge in [-0.1, -0.05) is 18.7 Å². The zero-order valence-corrected chi connectivity index (χ0v) is 12.0. The van der Waals surface area contributed by atoms with E-state index in [-0.39, 0.29) is 5.54 Å². The molecule has 1 aliphatic heterocycles. The molecule has 16 heavy (non-hydrogen) atoms. The zero-order chi connectivity index (χ0) is 12.2. The number of nitrogens with zero attached hydrogens (tertiary/aromatic N) is 2. The molecule has 1 rings (SSSR count). The molecule has 94 valence electrons. The maximum Gasteiger partial charge on any atom is 0.157 e. The highest BCUT2D eigenvalue weighted by Gasteiger charge is 2.26. The van der Waals surface area contributed by atoms with Crippen molar-refractivity contribution in [3.05, 3.63) is 0 Å². The van der Waals surface area contributed by atoms with Crippen molar-refractivity contribution in [3.63, 3.8) is 0 Å². The second kappa shape index (κ2) is 5.92. The lowest BCUT2D eigenvalue weighted by atomic mass is 10.1. The molecule has 1 N–H and O–H groups in total. The number of hydrogen-bond donors (Lipinski definition) is 1. The van der Waals surface area contributed by atoms with E-state index in [0.717, 1.165) is 24.0 Å². The van der Waals surface area contributed by atoms with Crippen molar-refractivity contribution in [2.75, 3.05) is 25.9 Å². The molecule has 0 aromatic heterocycles. The van der Waals surface area contributed by atoms with Crippen LogP contribution in [0.1, 0.15) is 34.1 Å². The van der Waals surface area contributed by atoms with Crippen LogP contribution in [0.4, 0.5) is 0 Å². The lowest BCUT2D eigenvalue weighted by molar-refractivity contribution is 0.259.